The second-order valence-electron chi connectivity index (χ2n) is 11.6. The molecule has 0 aromatic heterocycles. The molecule has 1 fully saturated rings. The fourth-order valence-corrected chi connectivity index (χ4v) is 4.71. The van der Waals surface area contributed by atoms with Gasteiger partial charge in [0.1, 0.15) is 0 Å². The van der Waals surface area contributed by atoms with Crippen LogP contribution in [-0.4, -0.2) is 224 Å². The Bertz CT molecular complexity index is 1200. The van der Waals surface area contributed by atoms with Gasteiger partial charge < -0.3 is 49.7 Å². The number of carbonyl (C=O) groups is 6. The molecule has 319 valence electrons. The molecule has 0 atom stereocenters. The number of carboxylic acid groups (broad SMARTS) is 5. The third kappa shape index (κ3) is 49.6. The number of nitrogens with zero attached hydrogens (tertiary/aromatic N) is 7. The molecule has 1 aliphatic heterocycles. The van der Waals surface area contributed by atoms with Crippen LogP contribution in [0.1, 0.15) is 0 Å². The quantitative estimate of drug-likeness (QED) is 0.0320. The van der Waals surface area contributed by atoms with Gasteiger partial charge in [-0.2, -0.15) is 19.2 Å². The summed E-state index contributed by atoms with van der Waals surface area (Å²) in [4.78, 5) is 117. The molecule has 1 amide bonds. The summed E-state index contributed by atoms with van der Waals surface area (Å²) in [6.45, 7) is 1.56. The first-order valence-electron chi connectivity index (χ1n) is 16.4. The number of hydrazine groups is 1. The molecule has 1 rings (SSSR count). The normalized spacial score (nSPS) is 13.6. The minimum absolute atomic E-state index is 0. The van der Waals surface area contributed by atoms with Crippen molar-refractivity contribution in [2.75, 3.05) is 131 Å². The van der Waals surface area contributed by atoms with Gasteiger partial charge in [-0.05, 0) is 26.2 Å². The van der Waals surface area contributed by atoms with E-state index in [-0.39, 0.29) is 269 Å². The van der Waals surface area contributed by atoms with Gasteiger partial charge in [0.15, 0.2) is 0 Å². The summed E-state index contributed by atoms with van der Waals surface area (Å²) in [6.07, 6.45) is 0.500. The summed E-state index contributed by atoms with van der Waals surface area (Å²) >= 11 is 0. The molecule has 30 heteroatoms. The van der Waals surface area contributed by atoms with Gasteiger partial charge in [-0.3, -0.25) is 63.2 Å². The van der Waals surface area contributed by atoms with Crippen molar-refractivity contribution in [3.63, 3.8) is 0 Å². The second kappa shape index (κ2) is 49.0. The van der Waals surface area contributed by atoms with Crippen LogP contribution < -0.4 is 145 Å². The summed E-state index contributed by atoms with van der Waals surface area (Å²) < 4.78 is 0. The molecule has 0 aromatic carbocycles. The van der Waals surface area contributed by atoms with Crippen LogP contribution in [0.2, 0.25) is 0 Å². The molecule has 60 heavy (non-hydrogen) atoms. The number of carboxylic acids is 5. The van der Waals surface area contributed by atoms with Crippen LogP contribution in [0, 0.1) is 54.0 Å². The first-order valence-corrected chi connectivity index (χ1v) is 16.4. The monoisotopic (exact) mass is 1040 g/mol. The van der Waals surface area contributed by atoms with Gasteiger partial charge in [-0.25, -0.2) is 0 Å². The summed E-state index contributed by atoms with van der Waals surface area (Å²) in [5.74, 6) is -6.69. The molecule has 0 spiro atoms. The maximum absolute atomic E-state index is 12.7. The molecule has 0 aliphatic carbocycles. The van der Waals surface area contributed by atoms with Crippen LogP contribution in [0.15, 0.2) is 0 Å². The maximum Gasteiger partial charge on any atom is 3.00 e. The Hall–Kier alpha value is 0.545. The Kier molecular flexibility index (Phi) is 61.1. The van der Waals surface area contributed by atoms with E-state index in [2.05, 4.69) is 25.1 Å². The van der Waals surface area contributed by atoms with Crippen LogP contribution >= 0.6 is 0 Å². The van der Waals surface area contributed by atoms with Crippen molar-refractivity contribution in [2.45, 2.75) is 0 Å². The summed E-state index contributed by atoms with van der Waals surface area (Å²) in [5, 5.41) is 51.5. The summed E-state index contributed by atoms with van der Waals surface area (Å²) in [5.41, 5.74) is 4.78. The van der Waals surface area contributed by atoms with Gasteiger partial charge in [0.2, 0.25) is 5.91 Å². The van der Waals surface area contributed by atoms with Crippen molar-refractivity contribution in [3.05, 3.63) is 14.1 Å². The van der Waals surface area contributed by atoms with E-state index < -0.39 is 48.8 Å². The third-order valence-corrected chi connectivity index (χ3v) is 7.31. The number of hydrogen-bond donors (Lipinski definition) is 4. The van der Waals surface area contributed by atoms with E-state index in [1.54, 1.807) is 29.4 Å². The van der Waals surface area contributed by atoms with E-state index in [1.807, 2.05) is 0 Å². The molecule has 4 N–H and O–H groups in total. The van der Waals surface area contributed by atoms with Crippen molar-refractivity contribution in [1.82, 2.24) is 45.3 Å². The van der Waals surface area contributed by atoms with E-state index in [0.29, 0.717) is 19.6 Å². The van der Waals surface area contributed by atoms with E-state index in [4.69, 9.17) is 24.0 Å². The van der Waals surface area contributed by atoms with Gasteiger partial charge in [0.05, 0.1) is 44.1 Å². The predicted octanol–water partition coefficient (Wildman–Crippen LogP) is -21.5. The zero-order valence-corrected chi connectivity index (χ0v) is 44.9. The fourth-order valence-electron chi connectivity index (χ4n) is 4.71. The van der Waals surface area contributed by atoms with Crippen LogP contribution in [0.3, 0.4) is 0 Å². The molecule has 25 nitrogen and oxygen atoms in total. The summed E-state index contributed by atoms with van der Waals surface area (Å²) in [6, 6.07) is 0. The Morgan fingerprint density at radius 1 is 0.567 bits per heavy atom. The largest absolute Gasteiger partial charge is 3.00 e. The van der Waals surface area contributed by atoms with E-state index in [1.165, 1.54) is 0 Å². The number of aliphatic carboxylic acids is 5. The Morgan fingerprint density at radius 3 is 1.22 bits per heavy atom. The SMILES string of the molecule is O=C=O.O=C=O.[CH2-]N(CCONNC(=O)CN1CCN(CC(=O)[O-])CCN(CC(=O)O)CCN(CC(=O)O)CC1)CCN([CH2-])CCN(CC(=O)[O-])CC(=O)[O-].[Gd+3].[Na+].[Na+].[Na+].[Na+]. The van der Waals surface area contributed by atoms with E-state index in [0.717, 1.165) is 4.90 Å². The van der Waals surface area contributed by atoms with E-state index >= 15 is 0 Å². The maximum atomic E-state index is 12.7. The van der Waals surface area contributed by atoms with Crippen LogP contribution in [-0.2, 0) is 52.8 Å². The summed E-state index contributed by atoms with van der Waals surface area (Å²) in [7, 11) is 7.72. The molecule has 1 radical (unpaired) electrons. The van der Waals surface area contributed by atoms with Gasteiger partial charge in [-0.1, -0.05) is 0 Å². The Labute approximate surface area is 468 Å². The van der Waals surface area contributed by atoms with Crippen molar-refractivity contribution in [1.29, 1.82) is 0 Å². The topological polar surface area (TPSA) is 336 Å². The van der Waals surface area contributed by atoms with Crippen molar-refractivity contribution >= 4 is 48.1 Å². The van der Waals surface area contributed by atoms with E-state index in [9.17, 15) is 54.3 Å². The molecule has 0 bridgehead atoms. The second-order valence-corrected chi connectivity index (χ2v) is 11.6. The minimum Gasteiger partial charge on any atom is -0.549 e. The molecular weight excluding hydrogens is 992 g/mol. The Balaban J connectivity index is -0.000000480. The van der Waals surface area contributed by atoms with Crippen LogP contribution in [0.5, 0.6) is 0 Å². The zero-order valence-electron chi connectivity index (χ0n) is 34.7. The molecule has 0 unspecified atom stereocenters. The standard InChI is InChI=1S/C28H51N9O12.2CO2.Gd.4Na/c1-31(5-6-37(21-27(45)46)22-28(47)48)3-4-32(2)15-16-49-30-29-23(38)17-33-7-9-34(18-24(39)40)11-13-36(20-26(43)44)14-12-35(10-8-33)19-25(41)42;2*2-1-3;;;;;/h30H,1-22H2,(H,29,38)(H,39,40)(H,41,42)(H,43,44)(H,45,46)(H,47,48);;;;;;;/q-2;;;+3;4*+1/p-3. The van der Waals surface area contributed by atoms with Crippen molar-refractivity contribution in [2.24, 2.45) is 0 Å². The first kappa shape index (κ1) is 74.9. The van der Waals surface area contributed by atoms with Gasteiger partial charge in [0, 0.05) is 78.5 Å². The minimum atomic E-state index is -1.40. The Morgan fingerprint density at radius 2 is 0.883 bits per heavy atom. The molecule has 0 saturated carbocycles. The fraction of sp³-hybridized carbons (Fsp3) is 0.667. The van der Waals surface area contributed by atoms with Gasteiger partial charge >= 0.3 is 182 Å². The molecular formula is C30H48GdN9Na4O16+2. The molecule has 1 heterocycles. The van der Waals surface area contributed by atoms with Crippen LogP contribution in [0.25, 0.3) is 0 Å². The third-order valence-electron chi connectivity index (χ3n) is 7.31. The first-order chi connectivity index (χ1) is 25.9. The molecule has 1 aliphatic rings. The number of hydrogen-bond acceptors (Lipinski definition) is 22. The number of rotatable bonds is 23. The van der Waals surface area contributed by atoms with Gasteiger partial charge in [0.25, 0.3) is 0 Å². The average molecular weight is 1040 g/mol. The number of nitrogens with one attached hydrogen (secondary N) is 2. The smallest absolute Gasteiger partial charge is 0.549 e. The van der Waals surface area contributed by atoms with Crippen LogP contribution in [0.4, 0.5) is 0 Å². The van der Waals surface area contributed by atoms with Crippen molar-refractivity contribution in [3.8, 4) is 0 Å². The zero-order chi connectivity index (χ0) is 42.2. The van der Waals surface area contributed by atoms with Crippen molar-refractivity contribution < 1.29 is 236 Å². The average Bonchev–Trinajstić information content (AvgIpc) is 3.06. The predicted molar refractivity (Wildman–Crippen MR) is 174 cm³/mol. The number of carbonyl (C=O) groups excluding carboxylic acids is 8. The van der Waals surface area contributed by atoms with Gasteiger partial charge in [-0.15, -0.1) is 5.59 Å². The number of amides is 1. The molecule has 0 aromatic rings. The molecule has 1 saturated heterocycles.